The third-order valence-corrected chi connectivity index (χ3v) is 2.63. The summed E-state index contributed by atoms with van der Waals surface area (Å²) in [6.45, 7) is 0.558. The van der Waals surface area contributed by atoms with Crippen molar-refractivity contribution in [1.82, 2.24) is 0 Å². The maximum Gasteiger partial charge on any atom is 0.411 e. The van der Waals surface area contributed by atoms with E-state index in [1.807, 2.05) is 0 Å². The molecule has 0 amide bonds. The maximum atomic E-state index is 11.8. The minimum atomic E-state index is -4.30. The van der Waals surface area contributed by atoms with Crippen LogP contribution in [0.5, 0.6) is 11.5 Å². The summed E-state index contributed by atoms with van der Waals surface area (Å²) in [6, 6.07) is 5.00. The molecule has 0 heterocycles. The van der Waals surface area contributed by atoms with E-state index in [2.05, 4.69) is 4.74 Å². The molecule has 1 N–H and O–H groups in total. The number of hydrogen-bond acceptors (Lipinski definition) is 4. The number of ether oxygens (including phenoxy) is 3. The van der Waals surface area contributed by atoms with Crippen molar-refractivity contribution in [3.63, 3.8) is 0 Å². The number of aliphatic hydroxyl groups excluding tert-OH is 1. The summed E-state index contributed by atoms with van der Waals surface area (Å²) in [7, 11) is 1.47. The van der Waals surface area contributed by atoms with E-state index in [1.54, 1.807) is 25.1 Å². The summed E-state index contributed by atoms with van der Waals surface area (Å²) in [5, 5.41) is 9.47. The second-order valence-electron chi connectivity index (χ2n) is 4.46. The third kappa shape index (κ3) is 6.68. The van der Waals surface area contributed by atoms with Crippen LogP contribution in [0.15, 0.2) is 18.2 Å². The minimum absolute atomic E-state index is 0.0341. The van der Waals surface area contributed by atoms with E-state index in [9.17, 15) is 18.3 Å². The third-order valence-electron chi connectivity index (χ3n) is 2.63. The van der Waals surface area contributed by atoms with E-state index < -0.39 is 18.9 Å². The quantitative estimate of drug-likeness (QED) is 0.750. The predicted octanol–water partition coefficient (Wildman–Crippen LogP) is 3.10. The van der Waals surface area contributed by atoms with Crippen LogP contribution in [-0.2, 0) is 4.74 Å². The largest absolute Gasteiger partial charge is 0.493 e. The average Bonchev–Trinajstić information content (AvgIpc) is 2.41. The van der Waals surface area contributed by atoms with E-state index >= 15 is 0 Å². The summed E-state index contributed by atoms with van der Waals surface area (Å²) < 4.78 is 50.6. The Hall–Kier alpha value is -1.47. The first-order chi connectivity index (χ1) is 9.83. The lowest BCUT2D eigenvalue weighted by Crippen LogP contribution is -2.18. The van der Waals surface area contributed by atoms with Gasteiger partial charge in [-0.25, -0.2) is 0 Å². The van der Waals surface area contributed by atoms with E-state index in [-0.39, 0.29) is 13.2 Å². The monoisotopic (exact) mass is 308 g/mol. The van der Waals surface area contributed by atoms with Crippen LogP contribution in [0.25, 0.3) is 0 Å². The normalized spacial score (nSPS) is 13.0. The molecular weight excluding hydrogens is 289 g/mol. The van der Waals surface area contributed by atoms with Gasteiger partial charge in [-0.3, -0.25) is 0 Å². The molecule has 0 saturated carbocycles. The molecule has 1 atom stereocenters. The van der Waals surface area contributed by atoms with Crippen LogP contribution in [0.4, 0.5) is 13.2 Å². The number of halogens is 3. The zero-order chi connectivity index (χ0) is 15.9. The first-order valence-corrected chi connectivity index (χ1v) is 6.47. The van der Waals surface area contributed by atoms with Gasteiger partial charge in [-0.2, -0.15) is 13.2 Å². The molecule has 0 unspecified atom stereocenters. The number of rotatable bonds is 8. The molecule has 7 heteroatoms. The molecule has 1 aromatic rings. The highest BCUT2D eigenvalue weighted by atomic mass is 19.4. The number of alkyl halides is 3. The lowest BCUT2D eigenvalue weighted by atomic mass is 10.1. The van der Waals surface area contributed by atoms with Crippen LogP contribution in [0.3, 0.4) is 0 Å². The van der Waals surface area contributed by atoms with Crippen molar-refractivity contribution in [2.45, 2.75) is 25.6 Å². The SMILES string of the molecule is COc1cc([C@@H](C)O)ccc1OCCCOCC(F)(F)F. The summed E-state index contributed by atoms with van der Waals surface area (Å²) in [5.74, 6) is 0.933. The molecule has 0 aromatic heterocycles. The van der Waals surface area contributed by atoms with Crippen LogP contribution in [0.1, 0.15) is 25.0 Å². The number of hydrogen-bond donors (Lipinski definition) is 1. The van der Waals surface area contributed by atoms with Gasteiger partial charge in [-0.1, -0.05) is 6.07 Å². The zero-order valence-electron chi connectivity index (χ0n) is 11.9. The Morgan fingerprint density at radius 3 is 2.48 bits per heavy atom. The number of aliphatic hydroxyl groups is 1. The molecule has 120 valence electrons. The average molecular weight is 308 g/mol. The Morgan fingerprint density at radius 1 is 1.19 bits per heavy atom. The zero-order valence-corrected chi connectivity index (χ0v) is 11.9. The van der Waals surface area contributed by atoms with Crippen LogP contribution >= 0.6 is 0 Å². The standard InChI is InChI=1S/C14H19F3O4/c1-10(18)11-4-5-12(13(8-11)19-2)21-7-3-6-20-9-14(15,16)17/h4-5,8,10,18H,3,6-7,9H2,1-2H3/t10-/m1/s1. The van der Waals surface area contributed by atoms with Crippen molar-refractivity contribution < 1.29 is 32.5 Å². The fourth-order valence-electron chi connectivity index (χ4n) is 1.59. The van der Waals surface area contributed by atoms with E-state index in [0.717, 1.165) is 0 Å². The topological polar surface area (TPSA) is 47.9 Å². The van der Waals surface area contributed by atoms with Gasteiger partial charge >= 0.3 is 6.18 Å². The first-order valence-electron chi connectivity index (χ1n) is 6.47. The second kappa shape index (κ2) is 8.09. The van der Waals surface area contributed by atoms with Crippen LogP contribution in [-0.4, -0.2) is 38.2 Å². The van der Waals surface area contributed by atoms with Crippen molar-refractivity contribution >= 4 is 0 Å². The van der Waals surface area contributed by atoms with Crippen molar-refractivity contribution in [3.8, 4) is 11.5 Å². The van der Waals surface area contributed by atoms with Gasteiger partial charge in [-0.05, 0) is 24.6 Å². The van der Waals surface area contributed by atoms with Crippen molar-refractivity contribution in [1.29, 1.82) is 0 Å². The van der Waals surface area contributed by atoms with Crippen molar-refractivity contribution in [3.05, 3.63) is 23.8 Å². The molecular formula is C14H19F3O4. The number of benzene rings is 1. The first kappa shape index (κ1) is 17.6. The maximum absolute atomic E-state index is 11.8. The van der Waals surface area contributed by atoms with E-state index in [1.165, 1.54) is 7.11 Å². The Kier molecular flexibility index (Phi) is 6.77. The number of methoxy groups -OCH3 is 1. The van der Waals surface area contributed by atoms with Gasteiger partial charge in [0.25, 0.3) is 0 Å². The fourth-order valence-corrected chi connectivity index (χ4v) is 1.59. The highest BCUT2D eigenvalue weighted by molar-refractivity contribution is 5.43. The molecule has 4 nitrogen and oxygen atoms in total. The van der Waals surface area contributed by atoms with Crippen LogP contribution in [0.2, 0.25) is 0 Å². The highest BCUT2D eigenvalue weighted by Crippen LogP contribution is 2.30. The predicted molar refractivity (Wildman–Crippen MR) is 70.6 cm³/mol. The molecule has 0 aliphatic rings. The molecule has 0 aliphatic carbocycles. The van der Waals surface area contributed by atoms with Crippen molar-refractivity contribution in [2.24, 2.45) is 0 Å². The highest BCUT2D eigenvalue weighted by Gasteiger charge is 2.27. The smallest absolute Gasteiger partial charge is 0.411 e. The van der Waals surface area contributed by atoms with Gasteiger partial charge in [0.15, 0.2) is 11.5 Å². The molecule has 1 rings (SSSR count). The second-order valence-corrected chi connectivity index (χ2v) is 4.46. The molecule has 0 aliphatic heterocycles. The van der Waals surface area contributed by atoms with Gasteiger partial charge in [0.2, 0.25) is 0 Å². The molecule has 0 spiro atoms. The van der Waals surface area contributed by atoms with Gasteiger partial charge in [0, 0.05) is 6.42 Å². The lowest BCUT2D eigenvalue weighted by Gasteiger charge is -2.13. The van der Waals surface area contributed by atoms with Gasteiger partial charge < -0.3 is 19.3 Å². The Bertz CT molecular complexity index is 433. The summed E-state index contributed by atoms with van der Waals surface area (Å²) in [6.07, 6.45) is -4.60. The van der Waals surface area contributed by atoms with E-state index in [4.69, 9.17) is 9.47 Å². The molecule has 0 fully saturated rings. The summed E-state index contributed by atoms with van der Waals surface area (Å²) >= 11 is 0. The minimum Gasteiger partial charge on any atom is -0.493 e. The van der Waals surface area contributed by atoms with Crippen LogP contribution < -0.4 is 9.47 Å². The van der Waals surface area contributed by atoms with Gasteiger partial charge in [0.05, 0.1) is 26.4 Å². The lowest BCUT2D eigenvalue weighted by molar-refractivity contribution is -0.174. The molecule has 21 heavy (non-hydrogen) atoms. The van der Waals surface area contributed by atoms with Gasteiger partial charge in [-0.15, -0.1) is 0 Å². The van der Waals surface area contributed by atoms with Gasteiger partial charge in [0.1, 0.15) is 6.61 Å². The van der Waals surface area contributed by atoms with E-state index in [0.29, 0.717) is 23.5 Å². The molecule has 0 bridgehead atoms. The Morgan fingerprint density at radius 2 is 1.90 bits per heavy atom. The Labute approximate surface area is 121 Å². The summed E-state index contributed by atoms with van der Waals surface area (Å²) in [4.78, 5) is 0. The molecule has 0 radical (unpaired) electrons. The summed E-state index contributed by atoms with van der Waals surface area (Å²) in [5.41, 5.74) is 0.688. The molecule has 1 aromatic carbocycles. The fraction of sp³-hybridized carbons (Fsp3) is 0.571. The van der Waals surface area contributed by atoms with Crippen LogP contribution in [0, 0.1) is 0 Å². The van der Waals surface area contributed by atoms with Crippen molar-refractivity contribution in [2.75, 3.05) is 26.9 Å². The molecule has 0 saturated heterocycles. The Balaban J connectivity index is 2.38.